The lowest BCUT2D eigenvalue weighted by atomic mass is 10.2. The van der Waals surface area contributed by atoms with Crippen molar-refractivity contribution >= 4 is 0 Å². The van der Waals surface area contributed by atoms with Crippen molar-refractivity contribution in [2.24, 2.45) is 0 Å². The van der Waals surface area contributed by atoms with E-state index >= 15 is 0 Å². The van der Waals surface area contributed by atoms with Crippen molar-refractivity contribution in [3.63, 3.8) is 0 Å². The van der Waals surface area contributed by atoms with Gasteiger partial charge in [-0.25, -0.2) is 15.0 Å². The minimum atomic E-state index is -2.49. The number of aromatic nitrogens is 4. The molecule has 0 atom stereocenters. The van der Waals surface area contributed by atoms with Gasteiger partial charge in [-0.05, 0) is 0 Å². The van der Waals surface area contributed by atoms with Crippen LogP contribution < -0.4 is 0 Å². The van der Waals surface area contributed by atoms with Crippen molar-refractivity contribution < 1.29 is 7.85 Å². The second-order valence-corrected chi connectivity index (χ2v) is 3.68. The minimum absolute atomic E-state index is 0.0184. The van der Waals surface area contributed by atoms with E-state index in [0.29, 0.717) is 5.82 Å². The van der Waals surface area contributed by atoms with Gasteiger partial charge in [-0.15, -0.1) is 0 Å². The monoisotopic (exact) mass is 220 g/mol. The zero-order valence-electron chi connectivity index (χ0n) is 11.1. The number of hydrogen-bond acceptors (Lipinski definition) is 4. The molecule has 0 unspecified atom stereocenters. The third-order valence-electron chi connectivity index (χ3n) is 2.23. The third kappa shape index (κ3) is 1.81. The first-order valence-corrected chi connectivity index (χ1v) is 4.97. The third-order valence-corrected chi connectivity index (χ3v) is 2.23. The first kappa shape index (κ1) is 8.41. The van der Waals surface area contributed by atoms with E-state index in [1.165, 1.54) is 12.5 Å². The fraction of sp³-hybridized carbons (Fsp3) is 0.364. The molecule has 0 aliphatic heterocycles. The Labute approximate surface area is 96.6 Å². The minimum Gasteiger partial charge on any atom is -0.391 e. The van der Waals surface area contributed by atoms with Crippen LogP contribution in [0.15, 0.2) is 24.9 Å². The fourth-order valence-corrected chi connectivity index (χ4v) is 1.52. The molecule has 0 fully saturated rings. The molecular formula is C11H14N4O. The Kier molecular flexibility index (Phi) is 2.31. The van der Waals surface area contributed by atoms with Crippen LogP contribution in [0.5, 0.6) is 0 Å². The first-order chi connectivity index (χ1) is 8.41. The normalized spacial score (nSPS) is 13.8. The van der Waals surface area contributed by atoms with E-state index in [1.54, 1.807) is 17.0 Å². The SMILES string of the molecule is [2H]C([2H])(O)c1cncnc1-n1ccnc1C(C)C. The average molecular weight is 220 g/mol. The lowest BCUT2D eigenvalue weighted by molar-refractivity contribution is 0.280. The molecule has 2 aromatic rings. The Balaban J connectivity index is 2.61. The van der Waals surface area contributed by atoms with Crippen LogP contribution in [0.4, 0.5) is 0 Å². The van der Waals surface area contributed by atoms with Crippen LogP contribution in [0.2, 0.25) is 0 Å². The van der Waals surface area contributed by atoms with Crippen LogP contribution >= 0.6 is 0 Å². The Bertz CT molecular complexity index is 548. The molecule has 0 bridgehead atoms. The first-order valence-electron chi connectivity index (χ1n) is 5.97. The number of aliphatic hydroxyl groups is 1. The van der Waals surface area contributed by atoms with E-state index in [4.69, 9.17) is 2.74 Å². The summed E-state index contributed by atoms with van der Waals surface area (Å²) in [6.07, 6.45) is 5.89. The molecule has 0 saturated carbocycles. The molecule has 0 amide bonds. The van der Waals surface area contributed by atoms with E-state index in [2.05, 4.69) is 15.0 Å². The van der Waals surface area contributed by atoms with Crippen molar-refractivity contribution in [1.29, 1.82) is 0 Å². The molecule has 0 saturated heterocycles. The average Bonchev–Trinajstić information content (AvgIpc) is 2.76. The summed E-state index contributed by atoms with van der Waals surface area (Å²) in [6, 6.07) is 0. The summed E-state index contributed by atoms with van der Waals surface area (Å²) < 4.78 is 16.5. The maximum Gasteiger partial charge on any atom is 0.147 e. The Morgan fingerprint density at radius 2 is 2.31 bits per heavy atom. The van der Waals surface area contributed by atoms with Crippen LogP contribution in [0, 0.1) is 0 Å². The largest absolute Gasteiger partial charge is 0.391 e. The number of imidazole rings is 1. The number of hydrogen-bond donors (Lipinski definition) is 1. The van der Waals surface area contributed by atoms with E-state index in [9.17, 15) is 5.11 Å². The van der Waals surface area contributed by atoms with Gasteiger partial charge in [0.15, 0.2) is 0 Å². The van der Waals surface area contributed by atoms with Crippen LogP contribution in [0.25, 0.3) is 5.82 Å². The molecular weight excluding hydrogens is 204 g/mol. The standard InChI is InChI=1S/C11H14N4O/c1-8(2)10-13-3-4-15(10)11-9(6-16)5-12-7-14-11/h3-5,7-8,16H,6H2,1-2H3/i6D2. The van der Waals surface area contributed by atoms with Gasteiger partial charge in [0.1, 0.15) is 18.0 Å². The maximum absolute atomic E-state index is 9.52. The van der Waals surface area contributed by atoms with Gasteiger partial charge >= 0.3 is 0 Å². The number of rotatable bonds is 3. The van der Waals surface area contributed by atoms with Crippen molar-refractivity contribution in [3.8, 4) is 5.82 Å². The Morgan fingerprint density at radius 1 is 1.50 bits per heavy atom. The summed E-state index contributed by atoms with van der Waals surface area (Å²) in [6.45, 7) is 1.47. The summed E-state index contributed by atoms with van der Waals surface area (Å²) in [4.78, 5) is 12.0. The highest BCUT2D eigenvalue weighted by Crippen LogP contribution is 2.18. The molecule has 0 spiro atoms. The summed E-state index contributed by atoms with van der Waals surface area (Å²) in [5, 5.41) is 9.52. The van der Waals surface area contributed by atoms with E-state index < -0.39 is 6.56 Å². The highest BCUT2D eigenvalue weighted by atomic mass is 16.3. The predicted molar refractivity (Wildman–Crippen MR) is 59.2 cm³/mol. The Morgan fingerprint density at radius 3 is 3.00 bits per heavy atom. The second kappa shape index (κ2) is 4.40. The number of nitrogens with zero attached hydrogens (tertiary/aromatic N) is 4. The summed E-state index contributed by atoms with van der Waals surface area (Å²) in [5.74, 6) is 1.21. The van der Waals surface area contributed by atoms with Gasteiger partial charge in [-0.1, -0.05) is 13.8 Å². The van der Waals surface area contributed by atoms with Crippen LogP contribution in [-0.2, 0) is 6.56 Å². The molecule has 2 rings (SSSR count). The van der Waals surface area contributed by atoms with E-state index in [-0.39, 0.29) is 11.5 Å². The summed E-state index contributed by atoms with van der Waals surface area (Å²) in [7, 11) is 0. The zero-order valence-corrected chi connectivity index (χ0v) is 9.12. The fourth-order valence-electron chi connectivity index (χ4n) is 1.52. The molecule has 2 heterocycles. The molecule has 84 valence electrons. The van der Waals surface area contributed by atoms with Gasteiger partial charge < -0.3 is 5.11 Å². The molecule has 1 N–H and O–H groups in total. The molecule has 0 aromatic carbocycles. The summed E-state index contributed by atoms with van der Waals surface area (Å²) in [5.41, 5.74) is 0.0184. The van der Waals surface area contributed by atoms with Gasteiger partial charge in [-0.3, -0.25) is 4.57 Å². The molecule has 5 heteroatoms. The molecule has 0 aliphatic carbocycles. The van der Waals surface area contributed by atoms with Crippen molar-refractivity contribution in [1.82, 2.24) is 19.5 Å². The lowest BCUT2D eigenvalue weighted by Gasteiger charge is -2.11. The lowest BCUT2D eigenvalue weighted by Crippen LogP contribution is -2.07. The van der Waals surface area contributed by atoms with Crippen molar-refractivity contribution in [2.45, 2.75) is 26.3 Å². The van der Waals surface area contributed by atoms with Crippen LogP contribution in [-0.4, -0.2) is 24.6 Å². The van der Waals surface area contributed by atoms with Gasteiger partial charge in [-0.2, -0.15) is 0 Å². The molecule has 5 nitrogen and oxygen atoms in total. The van der Waals surface area contributed by atoms with Gasteiger partial charge in [0.05, 0.1) is 9.30 Å². The van der Waals surface area contributed by atoms with Crippen LogP contribution in [0.3, 0.4) is 0 Å². The van der Waals surface area contributed by atoms with E-state index in [0.717, 1.165) is 5.82 Å². The van der Waals surface area contributed by atoms with Gasteiger partial charge in [0.2, 0.25) is 0 Å². The zero-order chi connectivity index (χ0) is 13.3. The van der Waals surface area contributed by atoms with Crippen LogP contribution in [0.1, 0.15) is 33.9 Å². The topological polar surface area (TPSA) is 63.8 Å². The van der Waals surface area contributed by atoms with Gasteiger partial charge in [0, 0.05) is 30.1 Å². The van der Waals surface area contributed by atoms with Crippen molar-refractivity contribution in [2.75, 3.05) is 0 Å². The Hall–Kier alpha value is -1.75. The smallest absolute Gasteiger partial charge is 0.147 e. The molecule has 0 aliphatic rings. The van der Waals surface area contributed by atoms with Gasteiger partial charge in [0.25, 0.3) is 0 Å². The highest BCUT2D eigenvalue weighted by Gasteiger charge is 2.12. The van der Waals surface area contributed by atoms with E-state index in [1.807, 2.05) is 13.8 Å². The molecule has 0 radical (unpaired) electrons. The predicted octanol–water partition coefficient (Wildman–Crippen LogP) is 1.28. The molecule has 2 aromatic heterocycles. The quantitative estimate of drug-likeness (QED) is 0.846. The molecule has 16 heavy (non-hydrogen) atoms. The summed E-state index contributed by atoms with van der Waals surface area (Å²) >= 11 is 0. The highest BCUT2D eigenvalue weighted by molar-refractivity contribution is 5.32. The van der Waals surface area contributed by atoms with Crippen molar-refractivity contribution in [3.05, 3.63) is 36.3 Å². The maximum atomic E-state index is 9.52. The second-order valence-electron chi connectivity index (χ2n) is 3.68.